The Hall–Kier alpha value is -2.27. The maximum Gasteiger partial charge on any atom is 0.255 e. The molecule has 1 aromatic carbocycles. The van der Waals surface area contributed by atoms with E-state index in [9.17, 15) is 4.79 Å². The maximum absolute atomic E-state index is 12.4. The summed E-state index contributed by atoms with van der Waals surface area (Å²) in [5.41, 5.74) is 0.476. The van der Waals surface area contributed by atoms with Crippen molar-refractivity contribution >= 4 is 5.91 Å². The van der Waals surface area contributed by atoms with Gasteiger partial charge < -0.3 is 19.2 Å². The second-order valence-electron chi connectivity index (χ2n) is 4.63. The van der Waals surface area contributed by atoms with Crippen LogP contribution in [0.1, 0.15) is 27.9 Å². The van der Waals surface area contributed by atoms with Crippen LogP contribution >= 0.6 is 0 Å². The number of rotatable bonds is 6. The van der Waals surface area contributed by atoms with Crippen LogP contribution < -0.4 is 10.1 Å². The molecule has 0 radical (unpaired) electrons. The SMILES string of the molecule is COC[C@@H](NC(=O)c1ccccc1OC)c1ccc(C)o1. The van der Waals surface area contributed by atoms with Gasteiger partial charge in [-0.05, 0) is 31.2 Å². The van der Waals surface area contributed by atoms with Crippen LogP contribution in [-0.2, 0) is 4.74 Å². The monoisotopic (exact) mass is 289 g/mol. The molecular weight excluding hydrogens is 270 g/mol. The predicted molar refractivity (Wildman–Crippen MR) is 78.5 cm³/mol. The molecule has 1 N–H and O–H groups in total. The molecule has 21 heavy (non-hydrogen) atoms. The first-order chi connectivity index (χ1) is 10.2. The van der Waals surface area contributed by atoms with E-state index in [0.717, 1.165) is 5.76 Å². The molecule has 0 fully saturated rings. The zero-order chi connectivity index (χ0) is 15.2. The van der Waals surface area contributed by atoms with Crippen molar-refractivity contribution < 1.29 is 18.7 Å². The summed E-state index contributed by atoms with van der Waals surface area (Å²) in [7, 11) is 3.12. The molecule has 0 aliphatic heterocycles. The van der Waals surface area contributed by atoms with E-state index in [0.29, 0.717) is 23.7 Å². The molecule has 1 aromatic heterocycles. The third-order valence-corrected chi connectivity index (χ3v) is 3.09. The number of nitrogens with one attached hydrogen (secondary N) is 1. The van der Waals surface area contributed by atoms with Crippen molar-refractivity contribution in [1.29, 1.82) is 0 Å². The lowest BCUT2D eigenvalue weighted by Gasteiger charge is -2.17. The molecule has 112 valence electrons. The summed E-state index contributed by atoms with van der Waals surface area (Å²) in [6, 6.07) is 10.4. The van der Waals surface area contributed by atoms with Gasteiger partial charge in [-0.2, -0.15) is 0 Å². The Morgan fingerprint density at radius 3 is 2.62 bits per heavy atom. The number of hydrogen-bond acceptors (Lipinski definition) is 4. The highest BCUT2D eigenvalue weighted by atomic mass is 16.5. The van der Waals surface area contributed by atoms with Crippen LogP contribution in [0, 0.1) is 6.92 Å². The van der Waals surface area contributed by atoms with Gasteiger partial charge in [0.05, 0.1) is 19.3 Å². The summed E-state index contributed by atoms with van der Waals surface area (Å²) in [5.74, 6) is 1.75. The van der Waals surface area contributed by atoms with E-state index in [1.165, 1.54) is 7.11 Å². The molecule has 5 nitrogen and oxygen atoms in total. The Bertz CT molecular complexity index is 606. The quantitative estimate of drug-likeness (QED) is 0.888. The fourth-order valence-corrected chi connectivity index (χ4v) is 2.07. The smallest absolute Gasteiger partial charge is 0.255 e. The Morgan fingerprint density at radius 2 is 2.00 bits per heavy atom. The van der Waals surface area contributed by atoms with Gasteiger partial charge in [0.15, 0.2) is 0 Å². The van der Waals surface area contributed by atoms with Crippen molar-refractivity contribution in [2.75, 3.05) is 20.8 Å². The van der Waals surface area contributed by atoms with Gasteiger partial charge in [-0.1, -0.05) is 12.1 Å². The molecule has 0 unspecified atom stereocenters. The summed E-state index contributed by atoms with van der Waals surface area (Å²) in [6.45, 7) is 2.18. The van der Waals surface area contributed by atoms with Crippen LogP contribution in [-0.4, -0.2) is 26.7 Å². The highest BCUT2D eigenvalue weighted by molar-refractivity contribution is 5.97. The maximum atomic E-state index is 12.4. The van der Waals surface area contributed by atoms with Gasteiger partial charge in [-0.15, -0.1) is 0 Å². The largest absolute Gasteiger partial charge is 0.496 e. The van der Waals surface area contributed by atoms with Crippen molar-refractivity contribution in [3.8, 4) is 5.75 Å². The number of aryl methyl sites for hydroxylation is 1. The minimum absolute atomic E-state index is 0.233. The second-order valence-corrected chi connectivity index (χ2v) is 4.63. The molecule has 0 saturated heterocycles. The molecule has 0 aliphatic carbocycles. The van der Waals surface area contributed by atoms with Crippen molar-refractivity contribution in [1.82, 2.24) is 5.32 Å². The lowest BCUT2D eigenvalue weighted by molar-refractivity contribution is 0.0879. The van der Waals surface area contributed by atoms with Crippen LogP contribution in [0.25, 0.3) is 0 Å². The predicted octanol–water partition coefficient (Wildman–Crippen LogP) is 2.71. The number of para-hydroxylation sites is 1. The lowest BCUT2D eigenvalue weighted by Crippen LogP contribution is -2.31. The molecular formula is C16H19NO4. The Kier molecular flexibility index (Phi) is 5.00. The number of carbonyl (C=O) groups excluding carboxylic acids is 1. The molecule has 0 saturated carbocycles. The summed E-state index contributed by atoms with van der Waals surface area (Å²) in [5, 5.41) is 2.90. The zero-order valence-corrected chi connectivity index (χ0v) is 12.4. The van der Waals surface area contributed by atoms with Gasteiger partial charge in [0.25, 0.3) is 5.91 Å². The summed E-state index contributed by atoms with van der Waals surface area (Å²) < 4.78 is 15.9. The fraction of sp³-hybridized carbons (Fsp3) is 0.312. The van der Waals surface area contributed by atoms with Gasteiger partial charge >= 0.3 is 0 Å². The van der Waals surface area contributed by atoms with Crippen molar-refractivity contribution in [3.63, 3.8) is 0 Å². The summed E-state index contributed by atoms with van der Waals surface area (Å²) in [4.78, 5) is 12.4. The number of ether oxygens (including phenoxy) is 2. The van der Waals surface area contributed by atoms with E-state index in [4.69, 9.17) is 13.9 Å². The fourth-order valence-electron chi connectivity index (χ4n) is 2.07. The van der Waals surface area contributed by atoms with Crippen LogP contribution in [0.5, 0.6) is 5.75 Å². The summed E-state index contributed by atoms with van der Waals surface area (Å²) >= 11 is 0. The number of methoxy groups -OCH3 is 2. The summed E-state index contributed by atoms with van der Waals surface area (Å²) in [6.07, 6.45) is 0. The minimum Gasteiger partial charge on any atom is -0.496 e. The van der Waals surface area contributed by atoms with E-state index in [1.54, 1.807) is 25.3 Å². The first kappa shape index (κ1) is 15.1. The highest BCUT2D eigenvalue weighted by Gasteiger charge is 2.20. The lowest BCUT2D eigenvalue weighted by atomic mass is 10.1. The van der Waals surface area contributed by atoms with Crippen molar-refractivity contribution in [2.45, 2.75) is 13.0 Å². The average molecular weight is 289 g/mol. The van der Waals surface area contributed by atoms with E-state index in [2.05, 4.69) is 5.32 Å². The molecule has 1 atom stereocenters. The third-order valence-electron chi connectivity index (χ3n) is 3.09. The molecule has 1 amide bonds. The van der Waals surface area contributed by atoms with Gasteiger partial charge in [0, 0.05) is 7.11 Å². The minimum atomic E-state index is -0.346. The second kappa shape index (κ2) is 6.95. The van der Waals surface area contributed by atoms with Gasteiger partial charge in [-0.3, -0.25) is 4.79 Å². The first-order valence-corrected chi connectivity index (χ1v) is 6.65. The van der Waals surface area contributed by atoms with Crippen LogP contribution in [0.15, 0.2) is 40.8 Å². The number of furan rings is 1. The number of carbonyl (C=O) groups is 1. The first-order valence-electron chi connectivity index (χ1n) is 6.65. The Labute approximate surface area is 123 Å². The van der Waals surface area contributed by atoms with E-state index in [1.807, 2.05) is 25.1 Å². The number of benzene rings is 1. The van der Waals surface area contributed by atoms with Crippen molar-refractivity contribution in [3.05, 3.63) is 53.5 Å². The number of amides is 1. The molecule has 2 rings (SSSR count). The van der Waals surface area contributed by atoms with Gasteiger partial charge in [-0.25, -0.2) is 0 Å². The topological polar surface area (TPSA) is 60.7 Å². The molecule has 0 bridgehead atoms. The van der Waals surface area contributed by atoms with E-state index < -0.39 is 0 Å². The van der Waals surface area contributed by atoms with Crippen LogP contribution in [0.3, 0.4) is 0 Å². The van der Waals surface area contributed by atoms with Gasteiger partial charge in [0.1, 0.15) is 23.3 Å². The molecule has 2 aromatic rings. The molecule has 1 heterocycles. The van der Waals surface area contributed by atoms with Crippen LogP contribution in [0.4, 0.5) is 0 Å². The van der Waals surface area contributed by atoms with E-state index >= 15 is 0 Å². The van der Waals surface area contributed by atoms with Gasteiger partial charge in [0.2, 0.25) is 0 Å². The molecule has 0 spiro atoms. The molecule has 5 heteroatoms. The Morgan fingerprint density at radius 1 is 1.24 bits per heavy atom. The van der Waals surface area contributed by atoms with Crippen molar-refractivity contribution in [2.24, 2.45) is 0 Å². The normalized spacial score (nSPS) is 12.0. The zero-order valence-electron chi connectivity index (χ0n) is 12.4. The third kappa shape index (κ3) is 3.64. The highest BCUT2D eigenvalue weighted by Crippen LogP contribution is 2.21. The average Bonchev–Trinajstić information content (AvgIpc) is 2.93. The Balaban J connectivity index is 2.18. The van der Waals surface area contributed by atoms with Crippen LogP contribution in [0.2, 0.25) is 0 Å². The number of hydrogen-bond donors (Lipinski definition) is 1. The standard InChI is InChI=1S/C16H19NO4/c1-11-8-9-15(21-11)13(10-19-2)17-16(18)12-6-4-5-7-14(12)20-3/h4-9,13H,10H2,1-3H3,(H,17,18)/t13-/m1/s1. The molecule has 0 aliphatic rings. The van der Waals surface area contributed by atoms with E-state index in [-0.39, 0.29) is 11.9 Å².